The van der Waals surface area contributed by atoms with Crippen LogP contribution in [0.4, 0.5) is 22.0 Å². The van der Waals surface area contributed by atoms with Crippen molar-refractivity contribution in [2.75, 3.05) is 6.54 Å². The van der Waals surface area contributed by atoms with Gasteiger partial charge in [0.05, 0.1) is 5.41 Å². The number of aromatic nitrogens is 2. The van der Waals surface area contributed by atoms with Gasteiger partial charge in [0.2, 0.25) is 0 Å². The Hall–Kier alpha value is -1.31. The number of rotatable bonds is 5. The standard InChI is InChI=1S/C12H14F5N3/c13-9(14)10-19-5-8(6-20-10)7(4-18)3-11(1-2-11)12(15,16)17/h5-7,9H,1-4,18H2/t7-/m1/s1. The van der Waals surface area contributed by atoms with E-state index in [0.717, 1.165) is 12.4 Å². The second kappa shape index (κ2) is 5.23. The molecule has 1 aliphatic carbocycles. The topological polar surface area (TPSA) is 51.8 Å². The summed E-state index contributed by atoms with van der Waals surface area (Å²) in [6, 6.07) is 0. The zero-order valence-electron chi connectivity index (χ0n) is 10.5. The molecule has 0 aliphatic heterocycles. The number of nitrogens with two attached hydrogens (primary N) is 1. The maximum atomic E-state index is 12.9. The van der Waals surface area contributed by atoms with E-state index in [1.807, 2.05) is 0 Å². The van der Waals surface area contributed by atoms with Crippen LogP contribution in [0.25, 0.3) is 0 Å². The number of hydrogen-bond acceptors (Lipinski definition) is 3. The van der Waals surface area contributed by atoms with Crippen LogP contribution in [0.2, 0.25) is 0 Å². The lowest BCUT2D eigenvalue weighted by Gasteiger charge is -2.24. The second-order valence-corrected chi connectivity index (χ2v) is 5.09. The molecule has 0 unspecified atom stereocenters. The van der Waals surface area contributed by atoms with E-state index in [1.54, 1.807) is 0 Å². The van der Waals surface area contributed by atoms with Crippen LogP contribution < -0.4 is 5.73 Å². The minimum absolute atomic E-state index is 0.00475. The molecule has 20 heavy (non-hydrogen) atoms. The van der Waals surface area contributed by atoms with Crippen molar-refractivity contribution in [2.24, 2.45) is 11.1 Å². The molecule has 0 amide bonds. The van der Waals surface area contributed by atoms with Crippen LogP contribution in [0.3, 0.4) is 0 Å². The van der Waals surface area contributed by atoms with E-state index in [-0.39, 0.29) is 25.8 Å². The highest BCUT2D eigenvalue weighted by atomic mass is 19.4. The highest BCUT2D eigenvalue weighted by Gasteiger charge is 2.63. The molecule has 1 saturated carbocycles. The molecule has 3 nitrogen and oxygen atoms in total. The van der Waals surface area contributed by atoms with Crippen LogP contribution in [0, 0.1) is 5.41 Å². The smallest absolute Gasteiger partial charge is 0.330 e. The summed E-state index contributed by atoms with van der Waals surface area (Å²) in [5, 5.41) is 0. The largest absolute Gasteiger partial charge is 0.394 e. The van der Waals surface area contributed by atoms with Gasteiger partial charge < -0.3 is 5.73 Å². The van der Waals surface area contributed by atoms with Crippen LogP contribution in [0.15, 0.2) is 12.4 Å². The quantitative estimate of drug-likeness (QED) is 0.849. The van der Waals surface area contributed by atoms with Gasteiger partial charge in [-0.1, -0.05) is 0 Å². The summed E-state index contributed by atoms with van der Waals surface area (Å²) in [5.41, 5.74) is 4.20. The molecule has 2 N–H and O–H groups in total. The molecular weight excluding hydrogens is 281 g/mol. The molecule has 2 rings (SSSR count). The van der Waals surface area contributed by atoms with Crippen LogP contribution in [-0.4, -0.2) is 22.7 Å². The van der Waals surface area contributed by atoms with E-state index in [4.69, 9.17) is 5.73 Å². The van der Waals surface area contributed by atoms with Crippen molar-refractivity contribution in [3.63, 3.8) is 0 Å². The van der Waals surface area contributed by atoms with Crippen molar-refractivity contribution in [3.8, 4) is 0 Å². The Morgan fingerprint density at radius 3 is 2.10 bits per heavy atom. The van der Waals surface area contributed by atoms with Gasteiger partial charge in [0.15, 0.2) is 5.82 Å². The van der Waals surface area contributed by atoms with Crippen LogP contribution >= 0.6 is 0 Å². The summed E-state index contributed by atoms with van der Waals surface area (Å²) in [4.78, 5) is 6.92. The van der Waals surface area contributed by atoms with Gasteiger partial charge >= 0.3 is 6.18 Å². The average Bonchev–Trinajstić information content (AvgIpc) is 3.16. The van der Waals surface area contributed by atoms with Crippen molar-refractivity contribution in [1.29, 1.82) is 0 Å². The Labute approximate surface area is 112 Å². The van der Waals surface area contributed by atoms with Crippen molar-refractivity contribution < 1.29 is 22.0 Å². The number of hydrogen-bond donors (Lipinski definition) is 1. The molecule has 0 aromatic carbocycles. The van der Waals surface area contributed by atoms with Crippen molar-refractivity contribution >= 4 is 0 Å². The summed E-state index contributed by atoms with van der Waals surface area (Å²) in [6.07, 6.45) is -4.76. The Kier molecular flexibility index (Phi) is 3.95. The minimum atomic E-state index is -4.26. The van der Waals surface area contributed by atoms with Gasteiger partial charge in [0.25, 0.3) is 6.43 Å². The average molecular weight is 295 g/mol. The van der Waals surface area contributed by atoms with Crippen molar-refractivity contribution in [2.45, 2.75) is 37.8 Å². The Bertz CT molecular complexity index is 453. The molecule has 1 atom stereocenters. The van der Waals surface area contributed by atoms with Crippen LogP contribution in [-0.2, 0) is 0 Å². The summed E-state index contributed by atoms with van der Waals surface area (Å²) >= 11 is 0. The molecule has 0 radical (unpaired) electrons. The predicted molar refractivity (Wildman–Crippen MR) is 61.1 cm³/mol. The first-order chi connectivity index (χ1) is 9.29. The third-order valence-electron chi connectivity index (χ3n) is 3.73. The summed E-state index contributed by atoms with van der Waals surface area (Å²) < 4.78 is 63.4. The monoisotopic (exact) mass is 295 g/mol. The fraction of sp³-hybridized carbons (Fsp3) is 0.667. The molecular formula is C12H14F5N3. The van der Waals surface area contributed by atoms with Gasteiger partial charge in [-0.2, -0.15) is 13.2 Å². The van der Waals surface area contributed by atoms with Crippen LogP contribution in [0.5, 0.6) is 0 Å². The molecule has 8 heteroatoms. The summed E-state index contributed by atoms with van der Waals surface area (Å²) in [7, 11) is 0. The molecule has 112 valence electrons. The third kappa shape index (κ3) is 2.89. The number of alkyl halides is 5. The first kappa shape index (κ1) is 15.1. The maximum absolute atomic E-state index is 12.9. The molecule has 0 saturated heterocycles. The van der Waals surface area contributed by atoms with Gasteiger partial charge in [-0.15, -0.1) is 0 Å². The van der Waals surface area contributed by atoms with Gasteiger partial charge in [0.1, 0.15) is 0 Å². The van der Waals surface area contributed by atoms with E-state index >= 15 is 0 Å². The van der Waals surface area contributed by atoms with Crippen molar-refractivity contribution in [1.82, 2.24) is 9.97 Å². The van der Waals surface area contributed by atoms with Gasteiger partial charge in [-0.3, -0.25) is 0 Å². The molecule has 0 bridgehead atoms. The molecule has 1 aromatic heterocycles. The van der Waals surface area contributed by atoms with E-state index in [2.05, 4.69) is 9.97 Å². The number of nitrogens with zero attached hydrogens (tertiary/aromatic N) is 2. The Balaban J connectivity index is 2.13. The molecule has 0 spiro atoms. The van der Waals surface area contributed by atoms with E-state index in [9.17, 15) is 22.0 Å². The summed E-state index contributed by atoms with van der Waals surface area (Å²) in [6.45, 7) is -0.00475. The molecule has 1 aromatic rings. The van der Waals surface area contributed by atoms with Gasteiger partial charge in [0, 0.05) is 18.3 Å². The lowest BCUT2D eigenvalue weighted by molar-refractivity contribution is -0.190. The zero-order chi connectivity index (χ0) is 15.0. The first-order valence-corrected chi connectivity index (χ1v) is 6.16. The highest BCUT2D eigenvalue weighted by Crippen LogP contribution is 2.61. The lowest BCUT2D eigenvalue weighted by atomic mass is 9.87. The van der Waals surface area contributed by atoms with Gasteiger partial charge in [-0.25, -0.2) is 18.7 Å². The van der Waals surface area contributed by atoms with Crippen molar-refractivity contribution in [3.05, 3.63) is 23.8 Å². The Morgan fingerprint density at radius 1 is 1.20 bits per heavy atom. The third-order valence-corrected chi connectivity index (χ3v) is 3.73. The Morgan fingerprint density at radius 2 is 1.75 bits per heavy atom. The van der Waals surface area contributed by atoms with E-state index in [0.29, 0.717) is 5.56 Å². The van der Waals surface area contributed by atoms with E-state index < -0.39 is 29.8 Å². The lowest BCUT2D eigenvalue weighted by Crippen LogP contribution is -2.29. The van der Waals surface area contributed by atoms with Crippen LogP contribution in [0.1, 0.15) is 43.0 Å². The summed E-state index contributed by atoms with van der Waals surface area (Å²) in [5.74, 6) is -1.22. The first-order valence-electron chi connectivity index (χ1n) is 6.16. The number of halogens is 5. The molecule has 1 heterocycles. The zero-order valence-corrected chi connectivity index (χ0v) is 10.5. The second-order valence-electron chi connectivity index (χ2n) is 5.09. The normalized spacial score (nSPS) is 19.1. The SMILES string of the molecule is NC[C@@H](CC1(C(F)(F)F)CC1)c1cnc(C(F)F)nc1. The molecule has 1 fully saturated rings. The van der Waals surface area contributed by atoms with E-state index in [1.165, 1.54) is 0 Å². The predicted octanol–water partition coefficient (Wildman–Crippen LogP) is 3.19. The fourth-order valence-electron chi connectivity index (χ4n) is 2.23. The highest BCUT2D eigenvalue weighted by molar-refractivity contribution is 5.16. The molecule has 1 aliphatic rings. The van der Waals surface area contributed by atoms with Gasteiger partial charge in [-0.05, 0) is 31.4 Å². The maximum Gasteiger partial charge on any atom is 0.394 e. The fourth-order valence-corrected chi connectivity index (χ4v) is 2.23. The minimum Gasteiger partial charge on any atom is -0.330 e.